The number of rotatable bonds is 4. The molecule has 1 saturated carbocycles. The van der Waals surface area contributed by atoms with Crippen LogP contribution in [0.2, 0.25) is 0 Å². The van der Waals surface area contributed by atoms with Crippen molar-refractivity contribution < 1.29 is 17.4 Å². The maximum Gasteiger partial charge on any atom is 0.391 e. The Morgan fingerprint density at radius 3 is 2.67 bits per heavy atom. The molecule has 0 bridgehead atoms. The highest BCUT2D eigenvalue weighted by Gasteiger charge is 2.42. The smallest absolute Gasteiger partial charge is 0.382 e. The summed E-state index contributed by atoms with van der Waals surface area (Å²) < 4.78 is 49.9. The van der Waals surface area contributed by atoms with Gasteiger partial charge in [0.15, 0.2) is 0 Å². The standard InChI is InChI=1S/C15H20F3NOS/c1-21(20)10-11-5-2-3-8-14(11)19-13-7-4-6-12(9-13)15(16,17)18/h2-3,5,8,12-13,19H,4,6-7,9-10H2,1H3/t12-,13+,21+/m0/s1. The van der Waals surface area contributed by atoms with E-state index in [2.05, 4.69) is 5.32 Å². The first-order chi connectivity index (χ1) is 9.86. The van der Waals surface area contributed by atoms with Gasteiger partial charge in [0.2, 0.25) is 0 Å². The van der Waals surface area contributed by atoms with Crippen LogP contribution < -0.4 is 5.32 Å². The van der Waals surface area contributed by atoms with E-state index in [-0.39, 0.29) is 18.9 Å². The van der Waals surface area contributed by atoms with Gasteiger partial charge < -0.3 is 5.32 Å². The lowest BCUT2D eigenvalue weighted by molar-refractivity contribution is -0.182. The summed E-state index contributed by atoms with van der Waals surface area (Å²) in [6.07, 6.45) is -0.808. The molecule has 0 saturated heterocycles. The van der Waals surface area contributed by atoms with Gasteiger partial charge in [-0.25, -0.2) is 0 Å². The average molecular weight is 319 g/mol. The fourth-order valence-electron chi connectivity index (χ4n) is 2.84. The Hall–Kier alpha value is -1.04. The quantitative estimate of drug-likeness (QED) is 0.905. The zero-order chi connectivity index (χ0) is 15.5. The maximum atomic E-state index is 12.8. The molecule has 1 fully saturated rings. The molecular weight excluding hydrogens is 299 g/mol. The van der Waals surface area contributed by atoms with Gasteiger partial charge in [-0.05, 0) is 30.9 Å². The predicted octanol–water partition coefficient (Wildman–Crippen LogP) is 4.10. The Morgan fingerprint density at radius 1 is 1.29 bits per heavy atom. The summed E-state index contributed by atoms with van der Waals surface area (Å²) in [5.41, 5.74) is 1.70. The summed E-state index contributed by atoms with van der Waals surface area (Å²) in [7, 11) is -0.974. The summed E-state index contributed by atoms with van der Waals surface area (Å²) >= 11 is 0. The highest BCUT2D eigenvalue weighted by atomic mass is 32.2. The van der Waals surface area contributed by atoms with Crippen LogP contribution >= 0.6 is 0 Å². The van der Waals surface area contributed by atoms with Crippen LogP contribution in [-0.2, 0) is 16.6 Å². The minimum atomic E-state index is -4.11. The molecule has 1 N–H and O–H groups in total. The maximum absolute atomic E-state index is 12.8. The van der Waals surface area contributed by atoms with Crippen molar-refractivity contribution in [3.63, 3.8) is 0 Å². The summed E-state index contributed by atoms with van der Waals surface area (Å²) in [4.78, 5) is 0. The molecule has 21 heavy (non-hydrogen) atoms. The molecular formula is C15H20F3NOS. The lowest BCUT2D eigenvalue weighted by atomic mass is 9.85. The van der Waals surface area contributed by atoms with Gasteiger partial charge in [0, 0.05) is 28.8 Å². The number of anilines is 1. The molecule has 0 amide bonds. The highest BCUT2D eigenvalue weighted by molar-refractivity contribution is 7.83. The van der Waals surface area contributed by atoms with E-state index in [1.807, 2.05) is 24.3 Å². The number of benzene rings is 1. The lowest BCUT2D eigenvalue weighted by Crippen LogP contribution is -2.34. The molecule has 2 nitrogen and oxygen atoms in total. The molecule has 0 aromatic heterocycles. The Balaban J connectivity index is 2.06. The van der Waals surface area contributed by atoms with Crippen LogP contribution in [0.3, 0.4) is 0 Å². The molecule has 6 heteroatoms. The number of hydrogen-bond acceptors (Lipinski definition) is 2. The molecule has 1 aliphatic rings. The minimum absolute atomic E-state index is 0.118. The number of nitrogens with one attached hydrogen (secondary N) is 1. The number of hydrogen-bond donors (Lipinski definition) is 1. The van der Waals surface area contributed by atoms with Crippen LogP contribution in [0.4, 0.5) is 18.9 Å². The van der Waals surface area contributed by atoms with Gasteiger partial charge in [0.25, 0.3) is 0 Å². The molecule has 2 rings (SSSR count). The molecule has 1 aromatic rings. The molecule has 0 heterocycles. The number of para-hydroxylation sites is 1. The van der Waals surface area contributed by atoms with Crippen molar-refractivity contribution in [3.8, 4) is 0 Å². The van der Waals surface area contributed by atoms with E-state index >= 15 is 0 Å². The molecule has 0 spiro atoms. The zero-order valence-electron chi connectivity index (χ0n) is 12.0. The van der Waals surface area contributed by atoms with Crippen LogP contribution in [0.15, 0.2) is 24.3 Å². The van der Waals surface area contributed by atoms with Crippen LogP contribution in [0.25, 0.3) is 0 Å². The number of alkyl halides is 3. The largest absolute Gasteiger partial charge is 0.391 e. The second-order valence-electron chi connectivity index (χ2n) is 5.62. The van der Waals surface area contributed by atoms with Crippen LogP contribution in [-0.4, -0.2) is 22.7 Å². The van der Waals surface area contributed by atoms with Gasteiger partial charge in [-0.2, -0.15) is 13.2 Å². The van der Waals surface area contributed by atoms with E-state index in [1.54, 1.807) is 6.26 Å². The van der Waals surface area contributed by atoms with Gasteiger partial charge in [0.1, 0.15) is 0 Å². The third-order valence-electron chi connectivity index (χ3n) is 3.87. The van der Waals surface area contributed by atoms with Crippen molar-refractivity contribution in [2.24, 2.45) is 5.92 Å². The fraction of sp³-hybridized carbons (Fsp3) is 0.600. The lowest BCUT2D eigenvalue weighted by Gasteiger charge is -2.32. The van der Waals surface area contributed by atoms with Gasteiger partial charge in [-0.1, -0.05) is 24.6 Å². The molecule has 1 aromatic carbocycles. The average Bonchev–Trinajstić information content (AvgIpc) is 2.40. The molecule has 0 unspecified atom stereocenters. The monoisotopic (exact) mass is 319 g/mol. The SMILES string of the molecule is C[S@@](=O)Cc1ccccc1N[C@@H]1CCC[C@H](C(F)(F)F)C1. The topological polar surface area (TPSA) is 29.1 Å². The van der Waals surface area contributed by atoms with Crippen molar-refractivity contribution in [1.82, 2.24) is 0 Å². The van der Waals surface area contributed by atoms with E-state index in [1.165, 1.54) is 0 Å². The first-order valence-electron chi connectivity index (χ1n) is 7.07. The third-order valence-corrected chi connectivity index (χ3v) is 4.59. The van der Waals surface area contributed by atoms with Gasteiger partial charge >= 0.3 is 6.18 Å². The molecule has 0 aliphatic heterocycles. The van der Waals surface area contributed by atoms with E-state index in [0.717, 1.165) is 17.7 Å². The normalized spacial score (nSPS) is 24.6. The Labute approximate surface area is 125 Å². The zero-order valence-corrected chi connectivity index (χ0v) is 12.8. The summed E-state index contributed by atoms with van der Waals surface area (Å²) in [5, 5.41) is 3.22. The second kappa shape index (κ2) is 6.81. The van der Waals surface area contributed by atoms with Crippen molar-refractivity contribution >= 4 is 16.5 Å². The van der Waals surface area contributed by atoms with Gasteiger partial charge in [-0.15, -0.1) is 0 Å². The minimum Gasteiger partial charge on any atom is -0.382 e. The van der Waals surface area contributed by atoms with Crippen LogP contribution in [0.5, 0.6) is 0 Å². The van der Waals surface area contributed by atoms with Gasteiger partial charge in [0.05, 0.1) is 11.7 Å². The van der Waals surface area contributed by atoms with Crippen molar-refractivity contribution in [3.05, 3.63) is 29.8 Å². The molecule has 1 aliphatic carbocycles. The highest BCUT2D eigenvalue weighted by Crippen LogP contribution is 2.38. The molecule has 0 radical (unpaired) electrons. The summed E-state index contributed by atoms with van der Waals surface area (Å²) in [6, 6.07) is 7.24. The van der Waals surface area contributed by atoms with E-state index in [9.17, 15) is 17.4 Å². The van der Waals surface area contributed by atoms with Crippen LogP contribution in [0, 0.1) is 5.92 Å². The third kappa shape index (κ3) is 4.73. The number of halogens is 3. The van der Waals surface area contributed by atoms with Crippen molar-refractivity contribution in [2.75, 3.05) is 11.6 Å². The molecule has 3 atom stereocenters. The Kier molecular flexibility index (Phi) is 5.30. The first kappa shape index (κ1) is 16.3. The first-order valence-corrected chi connectivity index (χ1v) is 8.80. The summed E-state index contributed by atoms with van der Waals surface area (Å²) in [5.74, 6) is -0.797. The Bertz CT molecular complexity index is 504. The van der Waals surface area contributed by atoms with E-state index in [0.29, 0.717) is 12.2 Å². The van der Waals surface area contributed by atoms with Crippen molar-refractivity contribution in [1.29, 1.82) is 0 Å². The summed E-state index contributed by atoms with van der Waals surface area (Å²) in [6.45, 7) is 0. The van der Waals surface area contributed by atoms with Crippen LogP contribution in [0.1, 0.15) is 31.2 Å². The van der Waals surface area contributed by atoms with E-state index in [4.69, 9.17) is 0 Å². The van der Waals surface area contributed by atoms with Gasteiger partial charge in [-0.3, -0.25) is 4.21 Å². The van der Waals surface area contributed by atoms with E-state index < -0.39 is 22.9 Å². The second-order valence-corrected chi connectivity index (χ2v) is 7.06. The van der Waals surface area contributed by atoms with Crippen molar-refractivity contribution in [2.45, 2.75) is 43.7 Å². The molecule has 118 valence electrons. The predicted molar refractivity (Wildman–Crippen MR) is 79.6 cm³/mol. The fourth-order valence-corrected chi connectivity index (χ4v) is 3.53. The Morgan fingerprint density at radius 2 is 2.00 bits per heavy atom.